The maximum absolute atomic E-state index is 6.19. The van der Waals surface area contributed by atoms with Crippen LogP contribution >= 0.6 is 51.6 Å². The van der Waals surface area contributed by atoms with E-state index in [2.05, 4.69) is 32.1 Å². The number of aryl methyl sites for hydroxylation is 1. The van der Waals surface area contributed by atoms with Gasteiger partial charge in [0.15, 0.2) is 0 Å². The van der Waals surface area contributed by atoms with Crippen LogP contribution in [0.5, 0.6) is 5.75 Å². The van der Waals surface area contributed by atoms with Gasteiger partial charge in [0, 0.05) is 23.3 Å². The van der Waals surface area contributed by atoms with Crippen molar-refractivity contribution < 1.29 is 4.74 Å². The van der Waals surface area contributed by atoms with Crippen LogP contribution in [0.3, 0.4) is 0 Å². The maximum Gasteiger partial charge on any atom is 0.124 e. The molecule has 0 aliphatic carbocycles. The lowest BCUT2D eigenvalue weighted by molar-refractivity contribution is 0.227. The molecule has 0 saturated heterocycles. The smallest absolute Gasteiger partial charge is 0.124 e. The minimum atomic E-state index is -0.280. The molecule has 2 heterocycles. The summed E-state index contributed by atoms with van der Waals surface area (Å²) in [5.41, 5.74) is 2.84. The summed E-state index contributed by atoms with van der Waals surface area (Å²) in [6.45, 7) is 7.92. The molecule has 2 aromatic heterocycles. The molecule has 0 bridgehead atoms. The zero-order valence-corrected chi connectivity index (χ0v) is 19.0. The first kappa shape index (κ1) is 20.7. The van der Waals surface area contributed by atoms with Gasteiger partial charge in [-0.2, -0.15) is 5.10 Å². The SMILES string of the molecule is CC.Cc1nn(PI)c2ccc(OC(C)c3c(Cl)cncc3Cl)cc12. The first-order valence-electron chi connectivity index (χ1n) is 7.83. The van der Waals surface area contributed by atoms with Crippen LogP contribution < -0.4 is 4.74 Å². The van der Waals surface area contributed by atoms with Crippen molar-refractivity contribution in [2.75, 3.05) is 0 Å². The summed E-state index contributed by atoms with van der Waals surface area (Å²) in [5.74, 6) is 0.758. The van der Waals surface area contributed by atoms with Gasteiger partial charge in [0.25, 0.3) is 0 Å². The van der Waals surface area contributed by atoms with Crippen molar-refractivity contribution in [2.45, 2.75) is 33.8 Å². The van der Waals surface area contributed by atoms with Gasteiger partial charge in [0.2, 0.25) is 0 Å². The standard InChI is InChI=1S/C15H13Cl2IN3OP.C2H6/c1-8-11-5-10(3-4-14(11)21(20-8)23-18)22-9(2)15-12(16)6-19-7-13(15)17;1-2/h3-7,9,23H,1-2H3;1-2H3. The minimum absolute atomic E-state index is 0.280. The Bertz CT molecular complexity index is 852. The highest BCUT2D eigenvalue weighted by molar-refractivity contribution is 14.2. The Kier molecular flexibility index (Phi) is 7.74. The van der Waals surface area contributed by atoms with E-state index >= 15 is 0 Å². The maximum atomic E-state index is 6.19. The van der Waals surface area contributed by atoms with Gasteiger partial charge in [-0.15, -0.1) is 0 Å². The molecule has 134 valence electrons. The second kappa shape index (κ2) is 9.36. The van der Waals surface area contributed by atoms with E-state index in [1.54, 1.807) is 12.4 Å². The van der Waals surface area contributed by atoms with Crippen LogP contribution in [0.4, 0.5) is 0 Å². The lowest BCUT2D eigenvalue weighted by atomic mass is 10.1. The highest BCUT2D eigenvalue weighted by atomic mass is 127. The lowest BCUT2D eigenvalue weighted by Crippen LogP contribution is -2.05. The Hall–Kier alpha value is -0.620. The molecule has 0 saturated carbocycles. The first-order chi connectivity index (χ1) is 12.0. The average Bonchev–Trinajstić information content (AvgIpc) is 2.92. The summed E-state index contributed by atoms with van der Waals surface area (Å²) in [5, 5.41) is 6.62. The van der Waals surface area contributed by atoms with Crippen LogP contribution in [0.15, 0.2) is 30.6 Å². The monoisotopic (exact) mass is 509 g/mol. The van der Waals surface area contributed by atoms with Crippen LogP contribution in [-0.2, 0) is 0 Å². The van der Waals surface area contributed by atoms with Gasteiger partial charge in [0.05, 0.1) is 27.6 Å². The third-order valence-electron chi connectivity index (χ3n) is 3.53. The van der Waals surface area contributed by atoms with E-state index < -0.39 is 0 Å². The molecule has 25 heavy (non-hydrogen) atoms. The molecule has 3 rings (SSSR count). The zero-order chi connectivity index (χ0) is 18.6. The molecule has 2 atom stereocenters. The van der Waals surface area contributed by atoms with Gasteiger partial charge in [-0.25, -0.2) is 4.45 Å². The molecule has 2 unspecified atom stereocenters. The normalized spacial score (nSPS) is 12.3. The van der Waals surface area contributed by atoms with Crippen molar-refractivity contribution in [2.24, 2.45) is 0 Å². The van der Waals surface area contributed by atoms with Gasteiger partial charge in [-0.05, 0) is 54.1 Å². The van der Waals surface area contributed by atoms with Crippen molar-refractivity contribution in [3.8, 4) is 5.75 Å². The number of aromatic nitrogens is 3. The molecule has 3 aromatic rings. The molecule has 4 nitrogen and oxygen atoms in total. The highest BCUT2D eigenvalue weighted by Crippen LogP contribution is 2.35. The number of fused-ring (bicyclic) bond motifs is 1. The number of rotatable bonds is 4. The molecule has 8 heteroatoms. The molecule has 0 aliphatic rings. The fraction of sp³-hybridized carbons (Fsp3) is 0.294. The van der Waals surface area contributed by atoms with Crippen molar-refractivity contribution in [1.82, 2.24) is 14.5 Å². The van der Waals surface area contributed by atoms with Gasteiger partial charge in [0.1, 0.15) is 11.9 Å². The Morgan fingerprint density at radius 3 is 2.44 bits per heavy atom. The van der Waals surface area contributed by atoms with Gasteiger partial charge in [-0.1, -0.05) is 37.0 Å². The summed E-state index contributed by atoms with van der Waals surface area (Å²) < 4.78 is 8.03. The van der Waals surface area contributed by atoms with Crippen LogP contribution in [0.25, 0.3) is 10.9 Å². The molecule has 0 amide bonds. The Morgan fingerprint density at radius 2 is 1.84 bits per heavy atom. The van der Waals surface area contributed by atoms with E-state index in [0.29, 0.717) is 16.4 Å². The summed E-state index contributed by atoms with van der Waals surface area (Å²) in [7, 11) is 0. The summed E-state index contributed by atoms with van der Waals surface area (Å²) >= 11 is 14.7. The quantitative estimate of drug-likeness (QED) is 0.280. The fourth-order valence-electron chi connectivity index (χ4n) is 2.46. The minimum Gasteiger partial charge on any atom is -0.486 e. The molecule has 1 aromatic carbocycles. The Labute approximate surface area is 172 Å². The largest absolute Gasteiger partial charge is 0.486 e. The van der Waals surface area contributed by atoms with Crippen LogP contribution in [0.1, 0.15) is 38.1 Å². The molecule has 0 fully saturated rings. The van der Waals surface area contributed by atoms with Crippen molar-refractivity contribution in [3.63, 3.8) is 0 Å². The van der Waals surface area contributed by atoms with Crippen LogP contribution in [0.2, 0.25) is 10.0 Å². The average molecular weight is 510 g/mol. The fourth-order valence-corrected chi connectivity index (χ4v) is 4.71. The molecule has 0 radical (unpaired) electrons. The van der Waals surface area contributed by atoms with Gasteiger partial charge in [-0.3, -0.25) is 4.98 Å². The van der Waals surface area contributed by atoms with Crippen molar-refractivity contribution in [3.05, 3.63) is 51.9 Å². The number of halogens is 3. The van der Waals surface area contributed by atoms with E-state index in [0.717, 1.165) is 27.9 Å². The molecule has 0 N–H and O–H groups in total. The van der Waals surface area contributed by atoms with Crippen LogP contribution in [0, 0.1) is 6.92 Å². The summed E-state index contributed by atoms with van der Waals surface area (Å²) in [6, 6.07) is 5.97. The predicted molar refractivity (Wildman–Crippen MR) is 117 cm³/mol. The first-order valence-corrected chi connectivity index (χ1v) is 12.6. The second-order valence-corrected chi connectivity index (χ2v) is 7.89. The van der Waals surface area contributed by atoms with E-state index in [9.17, 15) is 0 Å². The third kappa shape index (κ3) is 4.57. The molecular weight excluding hydrogens is 491 g/mol. The number of hydrogen-bond donors (Lipinski definition) is 0. The van der Waals surface area contributed by atoms with Gasteiger partial charge < -0.3 is 4.74 Å². The van der Waals surface area contributed by atoms with Gasteiger partial charge >= 0.3 is 0 Å². The Morgan fingerprint density at radius 1 is 1.20 bits per heavy atom. The summed E-state index contributed by atoms with van der Waals surface area (Å²) in [4.78, 5) is 3.97. The number of hydrogen-bond acceptors (Lipinski definition) is 3. The van der Waals surface area contributed by atoms with E-state index in [-0.39, 0.29) is 6.10 Å². The predicted octanol–water partition coefficient (Wildman–Crippen LogP) is 7.00. The number of ether oxygens (including phenoxy) is 1. The lowest BCUT2D eigenvalue weighted by Gasteiger charge is -2.17. The molecule has 0 spiro atoms. The number of pyridine rings is 1. The third-order valence-corrected chi connectivity index (χ3v) is 6.00. The molecular formula is C17H19Cl2IN3OP. The second-order valence-electron chi connectivity index (χ2n) is 5.04. The Balaban J connectivity index is 0.00000109. The van der Waals surface area contributed by atoms with Crippen molar-refractivity contribution in [1.29, 1.82) is 0 Å². The van der Waals surface area contributed by atoms with E-state index in [4.69, 9.17) is 27.9 Å². The highest BCUT2D eigenvalue weighted by Gasteiger charge is 2.17. The number of benzene rings is 1. The molecule has 0 aliphatic heterocycles. The van der Waals surface area contributed by atoms with E-state index in [1.165, 1.54) is 0 Å². The van der Waals surface area contributed by atoms with Crippen molar-refractivity contribution >= 4 is 62.5 Å². The van der Waals surface area contributed by atoms with E-state index in [1.807, 2.05) is 50.3 Å². The van der Waals surface area contributed by atoms with Crippen LogP contribution in [-0.4, -0.2) is 14.5 Å². The number of nitrogens with zero attached hydrogens (tertiary/aromatic N) is 3. The zero-order valence-electron chi connectivity index (χ0n) is 14.3. The summed E-state index contributed by atoms with van der Waals surface area (Å²) in [6.07, 6.45) is 3.43. The topological polar surface area (TPSA) is 39.9 Å².